The highest BCUT2D eigenvalue weighted by atomic mass is 32.2. The highest BCUT2D eigenvalue weighted by Gasteiger charge is 2.49. The van der Waals surface area contributed by atoms with Crippen molar-refractivity contribution in [3.63, 3.8) is 0 Å². The first-order valence-electron chi connectivity index (χ1n) is 6.14. The first-order valence-corrected chi connectivity index (χ1v) is 7.14. The molecular formula is C10H11N5O5S. The molecule has 0 radical (unpaired) electrons. The van der Waals surface area contributed by atoms with Crippen LogP contribution in [-0.4, -0.2) is 53.8 Å². The monoisotopic (exact) mass is 313 g/mol. The maximum atomic E-state index is 11.2. The Balaban J connectivity index is 1.73. The summed E-state index contributed by atoms with van der Waals surface area (Å²) in [6.45, 7) is 0.0780. The van der Waals surface area contributed by atoms with E-state index >= 15 is 0 Å². The average molecular weight is 313 g/mol. The van der Waals surface area contributed by atoms with Crippen molar-refractivity contribution in [2.45, 2.75) is 24.5 Å². The summed E-state index contributed by atoms with van der Waals surface area (Å²) >= 11 is -1.87. The van der Waals surface area contributed by atoms with Crippen LogP contribution in [0, 0.1) is 0 Å². The Morgan fingerprint density at radius 3 is 3.14 bits per heavy atom. The molecule has 5 atom stereocenters. The van der Waals surface area contributed by atoms with E-state index in [0.717, 1.165) is 0 Å². The first kappa shape index (κ1) is 13.0. The lowest BCUT2D eigenvalue weighted by Gasteiger charge is -2.23. The molecule has 2 aliphatic heterocycles. The second-order valence-corrected chi connectivity index (χ2v) is 5.52. The Hall–Kier alpha value is -1.66. The van der Waals surface area contributed by atoms with E-state index in [-0.39, 0.29) is 12.4 Å². The topological polar surface area (TPSA) is 135 Å². The van der Waals surface area contributed by atoms with Gasteiger partial charge in [0.15, 0.2) is 17.7 Å². The SMILES string of the molecule is Nc1ncnc2c1ncn2[C@@H]1O[C@@H]2COS(=O)O[C@@H]2[C@H]1O. The predicted octanol–water partition coefficient (Wildman–Crippen LogP) is -1.34. The Labute approximate surface area is 120 Å². The lowest BCUT2D eigenvalue weighted by atomic mass is 10.1. The number of hydrogen-bond donors (Lipinski definition) is 2. The summed E-state index contributed by atoms with van der Waals surface area (Å²) in [6, 6.07) is 0. The summed E-state index contributed by atoms with van der Waals surface area (Å²) in [5.74, 6) is 0.240. The molecule has 2 aliphatic rings. The molecule has 2 aromatic rings. The Morgan fingerprint density at radius 2 is 2.29 bits per heavy atom. The van der Waals surface area contributed by atoms with Gasteiger partial charge in [-0.1, -0.05) is 0 Å². The zero-order valence-electron chi connectivity index (χ0n) is 10.5. The lowest BCUT2D eigenvalue weighted by molar-refractivity contribution is -0.0526. The summed E-state index contributed by atoms with van der Waals surface area (Å²) in [5.41, 5.74) is 6.58. The normalized spacial score (nSPS) is 36.0. The highest BCUT2D eigenvalue weighted by molar-refractivity contribution is 7.75. The van der Waals surface area contributed by atoms with Crippen molar-refractivity contribution >= 4 is 28.3 Å². The molecule has 0 aromatic carbocycles. The van der Waals surface area contributed by atoms with Crippen LogP contribution in [0.5, 0.6) is 0 Å². The van der Waals surface area contributed by atoms with E-state index in [1.807, 2.05) is 0 Å². The largest absolute Gasteiger partial charge is 0.386 e. The van der Waals surface area contributed by atoms with Crippen LogP contribution in [-0.2, 0) is 24.5 Å². The Bertz CT molecular complexity index is 723. The van der Waals surface area contributed by atoms with E-state index in [0.29, 0.717) is 11.2 Å². The molecule has 0 aliphatic carbocycles. The van der Waals surface area contributed by atoms with Crippen molar-refractivity contribution in [2.24, 2.45) is 0 Å². The van der Waals surface area contributed by atoms with Gasteiger partial charge in [0, 0.05) is 0 Å². The van der Waals surface area contributed by atoms with Crippen molar-refractivity contribution in [3.8, 4) is 0 Å². The summed E-state index contributed by atoms with van der Waals surface area (Å²) in [6.07, 6.45) is -0.299. The van der Waals surface area contributed by atoms with E-state index < -0.39 is 35.9 Å². The molecule has 1 unspecified atom stereocenters. The smallest absolute Gasteiger partial charge is 0.305 e. The number of imidazole rings is 1. The number of hydrogen-bond acceptors (Lipinski definition) is 9. The number of nitrogens with zero attached hydrogens (tertiary/aromatic N) is 4. The van der Waals surface area contributed by atoms with Crippen LogP contribution in [0.1, 0.15) is 6.23 Å². The Kier molecular flexibility index (Phi) is 2.90. The molecule has 11 heteroatoms. The van der Waals surface area contributed by atoms with E-state index in [4.69, 9.17) is 18.8 Å². The van der Waals surface area contributed by atoms with Crippen molar-refractivity contribution in [1.82, 2.24) is 19.5 Å². The maximum Gasteiger partial charge on any atom is 0.305 e. The van der Waals surface area contributed by atoms with E-state index in [2.05, 4.69) is 15.0 Å². The number of nitrogen functional groups attached to an aromatic ring is 1. The Morgan fingerprint density at radius 1 is 1.43 bits per heavy atom. The fraction of sp³-hybridized carbons (Fsp3) is 0.500. The molecule has 10 nitrogen and oxygen atoms in total. The van der Waals surface area contributed by atoms with Gasteiger partial charge in [-0.2, -0.15) is 4.21 Å². The van der Waals surface area contributed by atoms with Gasteiger partial charge in [-0.15, -0.1) is 0 Å². The van der Waals surface area contributed by atoms with Crippen molar-refractivity contribution in [2.75, 3.05) is 12.3 Å². The van der Waals surface area contributed by atoms with Gasteiger partial charge in [0.1, 0.15) is 30.2 Å². The zero-order valence-corrected chi connectivity index (χ0v) is 11.3. The quantitative estimate of drug-likeness (QED) is 0.655. The molecule has 0 bridgehead atoms. The number of aliphatic hydroxyl groups excluding tert-OH is 1. The number of nitrogens with two attached hydrogens (primary N) is 1. The van der Waals surface area contributed by atoms with Gasteiger partial charge in [0.05, 0.1) is 12.9 Å². The van der Waals surface area contributed by atoms with Gasteiger partial charge < -0.3 is 15.6 Å². The number of ether oxygens (including phenoxy) is 1. The van der Waals surface area contributed by atoms with Gasteiger partial charge in [0.25, 0.3) is 0 Å². The fourth-order valence-corrected chi connectivity index (χ4v) is 3.22. The van der Waals surface area contributed by atoms with Gasteiger partial charge in [-0.05, 0) is 0 Å². The number of anilines is 1. The van der Waals surface area contributed by atoms with Gasteiger partial charge in [-0.3, -0.25) is 12.9 Å². The van der Waals surface area contributed by atoms with E-state index in [9.17, 15) is 9.32 Å². The molecule has 2 fully saturated rings. The standard InChI is InChI=1S/C10H11N5O5S/c11-8-5-9(13-2-12-8)15(3-14-5)10-6(16)7-4(19-10)1-18-21(17)20-7/h2-4,6-7,10,16H,1H2,(H2,11,12,13)/t4-,6-,7+,10-,21?/m1/s1. The molecule has 2 aromatic heterocycles. The summed E-state index contributed by atoms with van der Waals surface area (Å²) in [7, 11) is 0. The molecule has 2 saturated heterocycles. The van der Waals surface area contributed by atoms with E-state index in [1.54, 1.807) is 4.57 Å². The lowest BCUT2D eigenvalue weighted by Crippen LogP contribution is -2.41. The first-order chi connectivity index (χ1) is 10.1. The third kappa shape index (κ3) is 1.93. The van der Waals surface area contributed by atoms with Crippen LogP contribution in [0.15, 0.2) is 12.7 Å². The van der Waals surface area contributed by atoms with Crippen LogP contribution in [0.3, 0.4) is 0 Å². The number of rotatable bonds is 1. The number of aromatic nitrogens is 4. The molecule has 0 amide bonds. The van der Waals surface area contributed by atoms with Crippen molar-refractivity contribution < 1.29 is 22.4 Å². The second-order valence-electron chi connectivity index (χ2n) is 4.69. The molecule has 4 heterocycles. The third-order valence-electron chi connectivity index (χ3n) is 3.49. The summed E-state index contributed by atoms with van der Waals surface area (Å²) < 4.78 is 28.4. The van der Waals surface area contributed by atoms with Crippen molar-refractivity contribution in [1.29, 1.82) is 0 Å². The van der Waals surface area contributed by atoms with Crippen LogP contribution >= 0.6 is 0 Å². The van der Waals surface area contributed by atoms with Gasteiger partial charge in [-0.25, -0.2) is 15.0 Å². The minimum atomic E-state index is -1.87. The second kappa shape index (κ2) is 4.68. The molecule has 21 heavy (non-hydrogen) atoms. The molecule has 0 spiro atoms. The molecule has 112 valence electrons. The van der Waals surface area contributed by atoms with Crippen LogP contribution in [0.4, 0.5) is 5.82 Å². The highest BCUT2D eigenvalue weighted by Crippen LogP contribution is 2.35. The minimum absolute atomic E-state index is 0.0780. The predicted molar refractivity (Wildman–Crippen MR) is 68.6 cm³/mol. The summed E-state index contributed by atoms with van der Waals surface area (Å²) in [4.78, 5) is 12.1. The fourth-order valence-electron chi connectivity index (χ4n) is 2.50. The zero-order chi connectivity index (χ0) is 14.6. The number of fused-ring (bicyclic) bond motifs is 2. The molecule has 0 saturated carbocycles. The van der Waals surface area contributed by atoms with Crippen LogP contribution in [0.2, 0.25) is 0 Å². The van der Waals surface area contributed by atoms with Gasteiger partial charge in [0.2, 0.25) is 0 Å². The molecule has 4 rings (SSSR count). The van der Waals surface area contributed by atoms with Crippen LogP contribution in [0.25, 0.3) is 11.2 Å². The number of aliphatic hydroxyl groups is 1. The molecule has 3 N–H and O–H groups in total. The third-order valence-corrected chi connectivity index (χ3v) is 4.20. The summed E-state index contributed by atoms with van der Waals surface area (Å²) in [5, 5.41) is 10.3. The maximum absolute atomic E-state index is 11.2. The molecular weight excluding hydrogens is 302 g/mol. The minimum Gasteiger partial charge on any atom is -0.386 e. The van der Waals surface area contributed by atoms with E-state index in [1.165, 1.54) is 12.7 Å². The average Bonchev–Trinajstić information content (AvgIpc) is 3.02. The van der Waals surface area contributed by atoms with Crippen molar-refractivity contribution in [3.05, 3.63) is 12.7 Å². The van der Waals surface area contributed by atoms with Gasteiger partial charge >= 0.3 is 11.4 Å². The van der Waals surface area contributed by atoms with Crippen LogP contribution < -0.4 is 5.73 Å².